The number of carbonyl (C=O) groups excluding carboxylic acids is 2. The van der Waals surface area contributed by atoms with Gasteiger partial charge in [-0.2, -0.15) is 4.72 Å². The van der Waals surface area contributed by atoms with E-state index in [9.17, 15) is 18.0 Å². The topological polar surface area (TPSA) is 95.6 Å². The summed E-state index contributed by atoms with van der Waals surface area (Å²) in [7, 11) is -4.00. The minimum atomic E-state index is -4.00. The Morgan fingerprint density at radius 1 is 0.949 bits per heavy atom. The summed E-state index contributed by atoms with van der Waals surface area (Å²) in [6, 6.07) is 21.4. The molecule has 0 spiro atoms. The Bertz CT molecular complexity index is 1440. The Morgan fingerprint density at radius 3 is 2.31 bits per heavy atom. The van der Waals surface area contributed by atoms with E-state index in [2.05, 4.69) is 16.6 Å². The molecule has 1 heterocycles. The average Bonchev–Trinajstić information content (AvgIpc) is 2.92. The van der Waals surface area contributed by atoms with Crippen LogP contribution < -0.4 is 14.9 Å². The fraction of sp³-hybridized carbons (Fsp3) is 0.290. The second-order valence-corrected chi connectivity index (χ2v) is 11.8. The largest absolute Gasteiger partial charge is 0.343 e. The molecule has 3 aromatic carbocycles. The lowest BCUT2D eigenvalue weighted by Gasteiger charge is -2.33. The molecule has 0 radical (unpaired) electrons. The van der Waals surface area contributed by atoms with Crippen molar-refractivity contribution < 1.29 is 18.0 Å². The number of carbonyl (C=O) groups is 2. The molecule has 8 heteroatoms. The third kappa shape index (κ3) is 7.22. The van der Waals surface area contributed by atoms with Crippen LogP contribution in [0.25, 0.3) is 0 Å². The van der Waals surface area contributed by atoms with Crippen LogP contribution in [0.3, 0.4) is 0 Å². The van der Waals surface area contributed by atoms with Crippen LogP contribution in [-0.2, 0) is 32.5 Å². The van der Waals surface area contributed by atoms with Gasteiger partial charge in [0.2, 0.25) is 21.8 Å². The van der Waals surface area contributed by atoms with E-state index in [1.54, 1.807) is 24.0 Å². The predicted octanol–water partition coefficient (Wildman–Crippen LogP) is 4.32. The molecule has 4 rings (SSSR count). The quantitative estimate of drug-likeness (QED) is 0.371. The van der Waals surface area contributed by atoms with Gasteiger partial charge < -0.3 is 10.2 Å². The zero-order chi connectivity index (χ0) is 28.0. The summed E-state index contributed by atoms with van der Waals surface area (Å²) < 4.78 is 29.1. The molecular weight excluding hydrogens is 510 g/mol. The van der Waals surface area contributed by atoms with Crippen molar-refractivity contribution in [1.82, 2.24) is 10.0 Å². The number of sulfonamides is 1. The number of aryl methyl sites for hydroxylation is 2. The molecule has 0 saturated carbocycles. The van der Waals surface area contributed by atoms with Gasteiger partial charge in [0.15, 0.2) is 0 Å². The van der Waals surface area contributed by atoms with Crippen LogP contribution >= 0.6 is 0 Å². The van der Waals surface area contributed by atoms with Crippen LogP contribution in [0.2, 0.25) is 0 Å². The number of amides is 2. The first-order valence-electron chi connectivity index (χ1n) is 13.1. The molecule has 39 heavy (non-hydrogen) atoms. The zero-order valence-corrected chi connectivity index (χ0v) is 23.2. The number of nitrogens with one attached hydrogen (secondary N) is 2. The molecule has 2 N–H and O–H groups in total. The van der Waals surface area contributed by atoms with Gasteiger partial charge in [-0.05, 0) is 68.9 Å². The summed E-state index contributed by atoms with van der Waals surface area (Å²) in [5.74, 6) is -0.808. The van der Waals surface area contributed by atoms with Crippen molar-refractivity contribution in [2.75, 3.05) is 11.4 Å². The maximum atomic E-state index is 13.8. The van der Waals surface area contributed by atoms with Crippen molar-refractivity contribution in [3.05, 3.63) is 108 Å². The molecule has 3 aromatic rings. The van der Waals surface area contributed by atoms with Gasteiger partial charge in [-0.25, -0.2) is 8.42 Å². The van der Waals surface area contributed by atoms with E-state index in [4.69, 9.17) is 0 Å². The van der Waals surface area contributed by atoms with Crippen molar-refractivity contribution in [3.8, 4) is 0 Å². The highest BCUT2D eigenvalue weighted by atomic mass is 32.2. The molecule has 0 aliphatic carbocycles. The number of anilines is 1. The summed E-state index contributed by atoms with van der Waals surface area (Å²) in [6.45, 7) is 8.18. The fourth-order valence-electron chi connectivity index (χ4n) is 4.78. The van der Waals surface area contributed by atoms with Crippen LogP contribution in [-0.4, -0.2) is 38.9 Å². The van der Waals surface area contributed by atoms with Gasteiger partial charge in [0.05, 0.1) is 4.90 Å². The molecule has 2 amide bonds. The first-order valence-corrected chi connectivity index (χ1v) is 14.6. The maximum absolute atomic E-state index is 13.8. The van der Waals surface area contributed by atoms with E-state index >= 15 is 0 Å². The smallest absolute Gasteiger partial charge is 0.249 e. The minimum absolute atomic E-state index is 0.0680. The summed E-state index contributed by atoms with van der Waals surface area (Å²) >= 11 is 0. The summed E-state index contributed by atoms with van der Waals surface area (Å²) in [6.07, 6.45) is 2.07. The second kappa shape index (κ2) is 12.4. The van der Waals surface area contributed by atoms with E-state index < -0.39 is 28.0 Å². The molecule has 7 nitrogen and oxygen atoms in total. The van der Waals surface area contributed by atoms with E-state index in [0.29, 0.717) is 6.54 Å². The van der Waals surface area contributed by atoms with Crippen LogP contribution in [0.15, 0.2) is 95.9 Å². The maximum Gasteiger partial charge on any atom is 0.249 e. The van der Waals surface area contributed by atoms with Crippen molar-refractivity contribution in [1.29, 1.82) is 0 Å². The number of hydrogen-bond donors (Lipinski definition) is 2. The molecule has 204 valence electrons. The van der Waals surface area contributed by atoms with E-state index in [0.717, 1.165) is 40.8 Å². The number of fused-ring (bicyclic) bond motifs is 1. The van der Waals surface area contributed by atoms with Crippen LogP contribution in [0, 0.1) is 6.92 Å². The van der Waals surface area contributed by atoms with Gasteiger partial charge in [0, 0.05) is 12.2 Å². The fourth-order valence-corrected chi connectivity index (χ4v) is 5.98. The van der Waals surface area contributed by atoms with Crippen molar-refractivity contribution in [3.63, 3.8) is 0 Å². The predicted molar refractivity (Wildman–Crippen MR) is 154 cm³/mol. The highest BCUT2D eigenvalue weighted by Crippen LogP contribution is 2.28. The molecule has 1 aliphatic rings. The second-order valence-electron chi connectivity index (χ2n) is 10.1. The summed E-state index contributed by atoms with van der Waals surface area (Å²) in [5, 5.41) is 2.86. The number of nitrogens with zero attached hydrogens (tertiary/aromatic N) is 1. The highest BCUT2D eigenvalue weighted by molar-refractivity contribution is 7.89. The van der Waals surface area contributed by atoms with Gasteiger partial charge in [-0.15, -0.1) is 6.58 Å². The number of para-hydroxylation sites is 1. The Labute approximate surface area is 231 Å². The van der Waals surface area contributed by atoms with E-state index in [-0.39, 0.29) is 23.6 Å². The summed E-state index contributed by atoms with van der Waals surface area (Å²) in [4.78, 5) is 29.3. The molecule has 2 atom stereocenters. The minimum Gasteiger partial charge on any atom is -0.343 e. The standard InChI is InChI=1S/C31H35N3O4S/c1-22(2)20-28(31(36)34-19-9-13-25-12-7-8-14-29(25)34)32-30(35)27(21-24-10-5-4-6-11-24)33-39(37,38)26-17-15-23(3)16-18-26/h4-8,10-12,14-18,27-28,33H,1,9,13,19-21H2,2-3H3,(H,32,35)/t27-,28-/m0/s1. The lowest BCUT2D eigenvalue weighted by Crippen LogP contribution is -2.55. The van der Waals surface area contributed by atoms with Gasteiger partial charge in [0.25, 0.3) is 0 Å². The first kappa shape index (κ1) is 28.3. The molecule has 1 aliphatic heterocycles. The van der Waals surface area contributed by atoms with Crippen molar-refractivity contribution in [2.24, 2.45) is 0 Å². The van der Waals surface area contributed by atoms with Gasteiger partial charge >= 0.3 is 0 Å². The zero-order valence-electron chi connectivity index (χ0n) is 22.4. The molecule has 0 bridgehead atoms. The van der Waals surface area contributed by atoms with Gasteiger partial charge in [-0.3, -0.25) is 9.59 Å². The highest BCUT2D eigenvalue weighted by Gasteiger charge is 2.33. The van der Waals surface area contributed by atoms with Crippen LogP contribution in [0.5, 0.6) is 0 Å². The average molecular weight is 546 g/mol. The monoisotopic (exact) mass is 545 g/mol. The molecule has 0 saturated heterocycles. The number of rotatable bonds is 10. The Balaban J connectivity index is 1.60. The van der Waals surface area contributed by atoms with Crippen molar-refractivity contribution >= 4 is 27.5 Å². The van der Waals surface area contributed by atoms with Crippen molar-refractivity contribution in [2.45, 2.75) is 56.5 Å². The van der Waals surface area contributed by atoms with Gasteiger partial charge in [0.1, 0.15) is 12.1 Å². The third-order valence-corrected chi connectivity index (χ3v) is 8.26. The van der Waals surface area contributed by atoms with E-state index in [1.807, 2.05) is 61.5 Å². The third-order valence-electron chi connectivity index (χ3n) is 6.77. The molecular formula is C31H35N3O4S. The number of benzene rings is 3. The van der Waals surface area contributed by atoms with Gasteiger partial charge in [-0.1, -0.05) is 71.8 Å². The lowest BCUT2D eigenvalue weighted by atomic mass is 9.99. The molecule has 0 fully saturated rings. The SMILES string of the molecule is C=C(C)C[C@H](NC(=O)[C@H](Cc1ccccc1)NS(=O)(=O)c1ccc(C)cc1)C(=O)N1CCCc2ccccc21. The van der Waals surface area contributed by atoms with Crippen LogP contribution in [0.4, 0.5) is 5.69 Å². The Hall–Kier alpha value is -3.75. The molecule has 0 aromatic heterocycles. The molecule has 0 unspecified atom stereocenters. The van der Waals surface area contributed by atoms with Crippen LogP contribution in [0.1, 0.15) is 36.5 Å². The number of hydrogen-bond acceptors (Lipinski definition) is 4. The Morgan fingerprint density at radius 2 is 1.62 bits per heavy atom. The Kier molecular flexibility index (Phi) is 8.99. The first-order chi connectivity index (χ1) is 18.6. The lowest BCUT2D eigenvalue weighted by molar-refractivity contribution is -0.128. The van der Waals surface area contributed by atoms with E-state index in [1.165, 1.54) is 12.1 Å². The normalized spacial score (nSPS) is 14.7. The summed E-state index contributed by atoms with van der Waals surface area (Å²) in [5.41, 5.74) is 4.38.